The number of methoxy groups -OCH3 is 4. The zero-order chi connectivity index (χ0) is 20.5. The van der Waals surface area contributed by atoms with E-state index in [0.29, 0.717) is 46.7 Å². The Hall–Kier alpha value is -3.54. The Kier molecular flexibility index (Phi) is 7.39. The van der Waals surface area contributed by atoms with Crippen LogP contribution in [-0.2, 0) is 9.59 Å². The number of carbonyl (C=O) groups excluding carboxylic acids is 2. The zero-order valence-electron chi connectivity index (χ0n) is 16.2. The summed E-state index contributed by atoms with van der Waals surface area (Å²) in [6.07, 6.45) is 4.49. The van der Waals surface area contributed by atoms with Crippen LogP contribution in [0.5, 0.6) is 23.0 Å². The van der Waals surface area contributed by atoms with Crippen LogP contribution in [0.3, 0.4) is 0 Å². The second-order valence-corrected chi connectivity index (χ2v) is 5.66. The highest BCUT2D eigenvalue weighted by molar-refractivity contribution is 6.02. The number of aldehydes is 2. The minimum atomic E-state index is 0.233. The highest BCUT2D eigenvalue weighted by atomic mass is 16.5. The molecule has 2 aromatic rings. The van der Waals surface area contributed by atoms with Crippen molar-refractivity contribution < 1.29 is 28.5 Å². The molecule has 0 aliphatic carbocycles. The van der Waals surface area contributed by atoms with E-state index < -0.39 is 0 Å². The monoisotopic (exact) mass is 382 g/mol. The van der Waals surface area contributed by atoms with E-state index in [4.69, 9.17) is 18.9 Å². The molecule has 146 valence electrons. The Morgan fingerprint density at radius 1 is 0.607 bits per heavy atom. The first kappa shape index (κ1) is 20.8. The fourth-order valence-corrected chi connectivity index (χ4v) is 2.62. The van der Waals surface area contributed by atoms with Gasteiger partial charge in [0.1, 0.15) is 0 Å². The van der Waals surface area contributed by atoms with Gasteiger partial charge in [-0.1, -0.05) is 12.1 Å². The molecule has 0 atom stereocenters. The molecule has 0 spiro atoms. The number of allylic oxidation sites excluding steroid dienone is 2. The van der Waals surface area contributed by atoms with Crippen molar-refractivity contribution in [1.82, 2.24) is 0 Å². The van der Waals surface area contributed by atoms with Gasteiger partial charge in [0, 0.05) is 11.1 Å². The summed E-state index contributed by atoms with van der Waals surface area (Å²) in [7, 11) is 6.14. The van der Waals surface area contributed by atoms with E-state index in [9.17, 15) is 9.59 Å². The van der Waals surface area contributed by atoms with E-state index >= 15 is 0 Å². The highest BCUT2D eigenvalue weighted by Crippen LogP contribution is 2.30. The van der Waals surface area contributed by atoms with E-state index in [1.54, 1.807) is 62.8 Å². The van der Waals surface area contributed by atoms with E-state index in [1.165, 1.54) is 14.2 Å². The third kappa shape index (κ3) is 4.79. The molecule has 0 aromatic heterocycles. The van der Waals surface area contributed by atoms with Gasteiger partial charge in [-0.2, -0.15) is 0 Å². The van der Waals surface area contributed by atoms with Gasteiger partial charge in [-0.25, -0.2) is 0 Å². The van der Waals surface area contributed by atoms with E-state index in [0.717, 1.165) is 0 Å². The number of hydrogen-bond donors (Lipinski definition) is 0. The van der Waals surface area contributed by atoms with E-state index in [1.807, 2.05) is 0 Å². The van der Waals surface area contributed by atoms with Gasteiger partial charge >= 0.3 is 0 Å². The van der Waals surface area contributed by atoms with Crippen LogP contribution in [0.1, 0.15) is 11.1 Å². The summed E-state index contributed by atoms with van der Waals surface area (Å²) < 4.78 is 21.0. The lowest BCUT2D eigenvalue weighted by molar-refractivity contribution is -0.107. The van der Waals surface area contributed by atoms with Gasteiger partial charge in [0.15, 0.2) is 35.6 Å². The van der Waals surface area contributed by atoms with Crippen molar-refractivity contribution in [3.8, 4) is 23.0 Å². The molecule has 0 amide bonds. The molecule has 0 radical (unpaired) electrons. The number of benzene rings is 2. The first-order valence-electron chi connectivity index (χ1n) is 8.38. The average Bonchev–Trinajstić information content (AvgIpc) is 2.75. The van der Waals surface area contributed by atoms with Crippen LogP contribution in [-0.4, -0.2) is 41.0 Å². The normalized spacial score (nSPS) is 11.6. The van der Waals surface area contributed by atoms with Gasteiger partial charge in [0.05, 0.1) is 28.4 Å². The number of carbonyl (C=O) groups is 2. The molecular formula is C22H22O6. The summed E-state index contributed by atoms with van der Waals surface area (Å²) in [4.78, 5) is 23.3. The van der Waals surface area contributed by atoms with Gasteiger partial charge < -0.3 is 18.9 Å². The Balaban J connectivity index is 2.45. The Morgan fingerprint density at radius 2 is 0.964 bits per heavy atom. The molecule has 0 N–H and O–H groups in total. The smallest absolute Gasteiger partial charge is 0.161 e. The molecule has 0 fully saturated rings. The van der Waals surface area contributed by atoms with Crippen molar-refractivity contribution in [3.63, 3.8) is 0 Å². The van der Waals surface area contributed by atoms with Crippen molar-refractivity contribution in [2.45, 2.75) is 0 Å². The predicted octanol–water partition coefficient (Wildman–Crippen LogP) is 3.59. The zero-order valence-corrected chi connectivity index (χ0v) is 16.2. The SMILES string of the molecule is COc1ccc(C=C(C=O)C(C=O)=Cc2ccc(OC)c(OC)c2)cc1OC. The highest BCUT2D eigenvalue weighted by Gasteiger charge is 2.09. The molecule has 6 heteroatoms. The molecule has 2 rings (SSSR count). The van der Waals surface area contributed by atoms with Gasteiger partial charge in [0.2, 0.25) is 0 Å². The second-order valence-electron chi connectivity index (χ2n) is 5.66. The summed E-state index contributed by atoms with van der Waals surface area (Å²) in [6, 6.07) is 10.4. The number of rotatable bonds is 9. The summed E-state index contributed by atoms with van der Waals surface area (Å²) in [5, 5.41) is 0. The van der Waals surface area contributed by atoms with Crippen LogP contribution < -0.4 is 18.9 Å². The van der Waals surface area contributed by atoms with Crippen LogP contribution in [0.2, 0.25) is 0 Å². The topological polar surface area (TPSA) is 71.1 Å². The maximum Gasteiger partial charge on any atom is 0.161 e. The minimum absolute atomic E-state index is 0.233. The largest absolute Gasteiger partial charge is 0.493 e. The van der Waals surface area contributed by atoms with Crippen molar-refractivity contribution in [2.24, 2.45) is 0 Å². The van der Waals surface area contributed by atoms with E-state index in [-0.39, 0.29) is 11.1 Å². The quantitative estimate of drug-likeness (QED) is 0.375. The van der Waals surface area contributed by atoms with Crippen molar-refractivity contribution in [2.75, 3.05) is 28.4 Å². The summed E-state index contributed by atoms with van der Waals surface area (Å²) in [6.45, 7) is 0. The molecule has 0 saturated heterocycles. The minimum Gasteiger partial charge on any atom is -0.493 e. The van der Waals surface area contributed by atoms with Crippen molar-refractivity contribution in [1.29, 1.82) is 0 Å². The average molecular weight is 382 g/mol. The fourth-order valence-electron chi connectivity index (χ4n) is 2.62. The molecular weight excluding hydrogens is 360 g/mol. The van der Waals surface area contributed by atoms with Gasteiger partial charge in [-0.3, -0.25) is 9.59 Å². The maximum absolute atomic E-state index is 11.6. The lowest BCUT2D eigenvalue weighted by atomic mass is 10.0. The van der Waals surface area contributed by atoms with Gasteiger partial charge in [-0.15, -0.1) is 0 Å². The van der Waals surface area contributed by atoms with Gasteiger partial charge in [-0.05, 0) is 47.5 Å². The number of ether oxygens (including phenoxy) is 4. The van der Waals surface area contributed by atoms with Crippen LogP contribution in [0.15, 0.2) is 47.5 Å². The first-order valence-corrected chi connectivity index (χ1v) is 8.38. The Labute approximate surface area is 164 Å². The lowest BCUT2D eigenvalue weighted by Crippen LogP contribution is -1.95. The molecule has 0 unspecified atom stereocenters. The third-order valence-corrected chi connectivity index (χ3v) is 4.05. The number of hydrogen-bond acceptors (Lipinski definition) is 6. The van der Waals surface area contributed by atoms with Crippen LogP contribution in [0.4, 0.5) is 0 Å². The van der Waals surface area contributed by atoms with Gasteiger partial charge in [0.25, 0.3) is 0 Å². The summed E-state index contributed by atoms with van der Waals surface area (Å²) >= 11 is 0. The third-order valence-electron chi connectivity index (χ3n) is 4.05. The molecule has 0 aliphatic heterocycles. The maximum atomic E-state index is 11.6. The molecule has 0 aliphatic rings. The molecule has 2 aromatic carbocycles. The predicted molar refractivity (Wildman–Crippen MR) is 107 cm³/mol. The van der Waals surface area contributed by atoms with Crippen LogP contribution in [0.25, 0.3) is 12.2 Å². The van der Waals surface area contributed by atoms with E-state index in [2.05, 4.69) is 0 Å². The first-order chi connectivity index (χ1) is 13.6. The van der Waals surface area contributed by atoms with Crippen LogP contribution >= 0.6 is 0 Å². The molecule has 28 heavy (non-hydrogen) atoms. The molecule has 0 bridgehead atoms. The fraction of sp³-hybridized carbons (Fsp3) is 0.182. The summed E-state index contributed by atoms with van der Waals surface area (Å²) in [5.41, 5.74) is 1.86. The second kappa shape index (κ2) is 9.97. The molecule has 6 nitrogen and oxygen atoms in total. The molecule has 0 heterocycles. The van der Waals surface area contributed by atoms with Crippen LogP contribution in [0, 0.1) is 0 Å². The lowest BCUT2D eigenvalue weighted by Gasteiger charge is -2.09. The Bertz CT molecular complexity index is 836. The standard InChI is InChI=1S/C22H22O6/c1-25-19-7-5-15(11-21(19)27-3)9-17(13-23)18(14-24)10-16-6-8-20(26-2)22(12-16)28-4/h5-14H,1-4H3. The van der Waals surface area contributed by atoms with Crippen molar-refractivity contribution >= 4 is 24.7 Å². The molecule has 0 saturated carbocycles. The Morgan fingerprint density at radius 3 is 1.25 bits per heavy atom. The van der Waals surface area contributed by atoms with Crippen molar-refractivity contribution in [3.05, 3.63) is 58.7 Å². The summed E-state index contributed by atoms with van der Waals surface area (Å²) in [5.74, 6) is 2.20.